The minimum absolute atomic E-state index is 0.234. The monoisotopic (exact) mass is 355 g/mol. The third kappa shape index (κ3) is 4.33. The molecule has 0 aromatic carbocycles. The van der Waals surface area contributed by atoms with E-state index in [-0.39, 0.29) is 6.09 Å². The number of ether oxygens (including phenoxy) is 1. The van der Waals surface area contributed by atoms with Crippen LogP contribution in [0.25, 0.3) is 0 Å². The van der Waals surface area contributed by atoms with Gasteiger partial charge in [-0.05, 0) is 55.3 Å². The van der Waals surface area contributed by atoms with Crippen molar-refractivity contribution in [3.8, 4) is 0 Å². The summed E-state index contributed by atoms with van der Waals surface area (Å²) in [7, 11) is 0. The smallest absolute Gasteiger partial charge is 0.410 e. The van der Waals surface area contributed by atoms with Crippen LogP contribution < -0.4 is 4.90 Å². The molecule has 0 radical (unpaired) electrons. The lowest BCUT2D eigenvalue weighted by atomic mass is 10.2. The molecule has 21 heavy (non-hydrogen) atoms. The summed E-state index contributed by atoms with van der Waals surface area (Å²) >= 11 is 3.43. The maximum absolute atomic E-state index is 12.0. The maximum atomic E-state index is 12.0. The summed E-state index contributed by atoms with van der Waals surface area (Å²) in [6.45, 7) is 10.6. The van der Waals surface area contributed by atoms with E-state index >= 15 is 0 Å². The van der Waals surface area contributed by atoms with E-state index in [1.165, 1.54) is 0 Å². The molecule has 1 aliphatic rings. The summed E-state index contributed by atoms with van der Waals surface area (Å²) in [6.07, 6.45) is 1.57. The normalized spacial score (nSPS) is 16.0. The SMILES string of the molecule is Cc1cc(Br)cnc1N1CCN(C(=O)OC(C)(C)C)CC1. The van der Waals surface area contributed by atoms with Crippen molar-refractivity contribution < 1.29 is 9.53 Å². The van der Waals surface area contributed by atoms with Crippen molar-refractivity contribution in [1.82, 2.24) is 9.88 Å². The lowest BCUT2D eigenvalue weighted by Gasteiger charge is -2.36. The average Bonchev–Trinajstić information content (AvgIpc) is 2.37. The molecule has 0 spiro atoms. The highest BCUT2D eigenvalue weighted by Gasteiger charge is 2.26. The molecule has 2 heterocycles. The van der Waals surface area contributed by atoms with Crippen molar-refractivity contribution in [3.05, 3.63) is 22.3 Å². The van der Waals surface area contributed by atoms with E-state index in [9.17, 15) is 4.79 Å². The molecule has 1 fully saturated rings. The Morgan fingerprint density at radius 3 is 2.43 bits per heavy atom. The van der Waals surface area contributed by atoms with Gasteiger partial charge in [0.05, 0.1) is 0 Å². The summed E-state index contributed by atoms with van der Waals surface area (Å²) in [5.74, 6) is 0.988. The number of aryl methyl sites for hydroxylation is 1. The van der Waals surface area contributed by atoms with Crippen molar-refractivity contribution in [2.75, 3.05) is 31.1 Å². The van der Waals surface area contributed by atoms with E-state index in [1.807, 2.05) is 33.9 Å². The van der Waals surface area contributed by atoms with Crippen LogP contribution in [-0.2, 0) is 4.74 Å². The van der Waals surface area contributed by atoms with Gasteiger partial charge < -0.3 is 14.5 Å². The molecule has 0 N–H and O–H groups in total. The second-order valence-electron chi connectivity index (χ2n) is 6.25. The molecule has 6 heteroatoms. The third-order valence-electron chi connectivity index (χ3n) is 3.25. The Hall–Kier alpha value is -1.30. The number of carbonyl (C=O) groups excluding carboxylic acids is 1. The Labute approximate surface area is 134 Å². The Balaban J connectivity index is 1.95. The average molecular weight is 356 g/mol. The zero-order valence-corrected chi connectivity index (χ0v) is 14.6. The molecule has 2 rings (SSSR count). The van der Waals surface area contributed by atoms with E-state index in [1.54, 1.807) is 4.90 Å². The molecule has 1 aromatic heterocycles. The lowest BCUT2D eigenvalue weighted by molar-refractivity contribution is 0.0240. The van der Waals surface area contributed by atoms with Gasteiger partial charge in [-0.2, -0.15) is 0 Å². The van der Waals surface area contributed by atoms with E-state index in [0.29, 0.717) is 13.1 Å². The van der Waals surface area contributed by atoms with Gasteiger partial charge in [0.15, 0.2) is 0 Å². The van der Waals surface area contributed by atoms with Gasteiger partial charge in [0.1, 0.15) is 11.4 Å². The van der Waals surface area contributed by atoms with Gasteiger partial charge in [0.25, 0.3) is 0 Å². The second kappa shape index (κ2) is 6.22. The largest absolute Gasteiger partial charge is 0.444 e. The first kappa shape index (κ1) is 16.1. The van der Waals surface area contributed by atoms with Gasteiger partial charge in [-0.3, -0.25) is 0 Å². The molecule has 5 nitrogen and oxygen atoms in total. The Morgan fingerprint density at radius 2 is 1.90 bits per heavy atom. The minimum atomic E-state index is -0.446. The number of nitrogens with zero attached hydrogens (tertiary/aromatic N) is 3. The number of hydrogen-bond donors (Lipinski definition) is 0. The van der Waals surface area contributed by atoms with Crippen LogP contribution in [0.2, 0.25) is 0 Å². The molecule has 0 saturated carbocycles. The summed E-state index contributed by atoms with van der Waals surface area (Å²) < 4.78 is 6.39. The molecule has 0 aliphatic carbocycles. The number of hydrogen-bond acceptors (Lipinski definition) is 4. The molecular formula is C15H22BrN3O2. The lowest BCUT2D eigenvalue weighted by Crippen LogP contribution is -2.50. The zero-order chi connectivity index (χ0) is 15.6. The van der Waals surface area contributed by atoms with Crippen molar-refractivity contribution in [1.29, 1.82) is 0 Å². The van der Waals surface area contributed by atoms with Crippen LogP contribution in [-0.4, -0.2) is 47.8 Å². The molecule has 0 bridgehead atoms. The van der Waals surface area contributed by atoms with Crippen molar-refractivity contribution in [3.63, 3.8) is 0 Å². The van der Waals surface area contributed by atoms with Gasteiger partial charge in [0, 0.05) is 36.8 Å². The van der Waals surface area contributed by atoms with Crippen LogP contribution in [0, 0.1) is 6.92 Å². The van der Waals surface area contributed by atoms with Crippen LogP contribution in [0.5, 0.6) is 0 Å². The maximum Gasteiger partial charge on any atom is 0.410 e. The number of piperazine rings is 1. The van der Waals surface area contributed by atoms with Crippen LogP contribution in [0.1, 0.15) is 26.3 Å². The number of pyridine rings is 1. The molecule has 1 aromatic rings. The fourth-order valence-corrected chi connectivity index (χ4v) is 2.74. The number of anilines is 1. The molecule has 0 atom stereocenters. The summed E-state index contributed by atoms with van der Waals surface area (Å²) in [6, 6.07) is 2.06. The first-order valence-electron chi connectivity index (χ1n) is 7.11. The van der Waals surface area contributed by atoms with Gasteiger partial charge >= 0.3 is 6.09 Å². The number of halogens is 1. The fourth-order valence-electron chi connectivity index (χ4n) is 2.29. The van der Waals surface area contributed by atoms with Crippen LogP contribution in [0.3, 0.4) is 0 Å². The van der Waals surface area contributed by atoms with E-state index < -0.39 is 5.60 Å². The predicted molar refractivity (Wildman–Crippen MR) is 86.7 cm³/mol. The predicted octanol–water partition coefficient (Wildman–Crippen LogP) is 3.21. The van der Waals surface area contributed by atoms with Gasteiger partial charge in [0.2, 0.25) is 0 Å². The first-order valence-corrected chi connectivity index (χ1v) is 7.90. The summed E-state index contributed by atoms with van der Waals surface area (Å²) in [5, 5.41) is 0. The molecule has 1 saturated heterocycles. The van der Waals surface area contributed by atoms with Gasteiger partial charge in [-0.15, -0.1) is 0 Å². The Morgan fingerprint density at radius 1 is 1.29 bits per heavy atom. The molecular weight excluding hydrogens is 334 g/mol. The van der Waals surface area contributed by atoms with E-state index in [4.69, 9.17) is 4.74 Å². The number of rotatable bonds is 1. The molecule has 1 aliphatic heterocycles. The third-order valence-corrected chi connectivity index (χ3v) is 3.68. The highest BCUT2D eigenvalue weighted by molar-refractivity contribution is 9.10. The minimum Gasteiger partial charge on any atom is -0.444 e. The highest BCUT2D eigenvalue weighted by atomic mass is 79.9. The Bertz CT molecular complexity index is 520. The fraction of sp³-hybridized carbons (Fsp3) is 0.600. The van der Waals surface area contributed by atoms with Crippen molar-refractivity contribution in [2.45, 2.75) is 33.3 Å². The van der Waals surface area contributed by atoms with Gasteiger partial charge in [-0.25, -0.2) is 9.78 Å². The second-order valence-corrected chi connectivity index (χ2v) is 7.16. The standard InChI is InChI=1S/C15H22BrN3O2/c1-11-9-12(16)10-17-13(11)18-5-7-19(8-6-18)14(20)21-15(2,3)4/h9-10H,5-8H2,1-4H3. The van der Waals surface area contributed by atoms with Gasteiger partial charge in [-0.1, -0.05) is 0 Å². The van der Waals surface area contributed by atoms with Crippen molar-refractivity contribution in [2.24, 2.45) is 0 Å². The topological polar surface area (TPSA) is 45.7 Å². The summed E-state index contributed by atoms with van der Waals surface area (Å²) in [5.41, 5.74) is 0.688. The molecule has 116 valence electrons. The quantitative estimate of drug-likeness (QED) is 0.775. The zero-order valence-electron chi connectivity index (χ0n) is 13.0. The van der Waals surface area contributed by atoms with Crippen LogP contribution >= 0.6 is 15.9 Å². The molecule has 0 unspecified atom stereocenters. The Kier molecular flexibility index (Phi) is 4.76. The first-order chi connectivity index (χ1) is 9.76. The number of amides is 1. The van der Waals surface area contributed by atoms with Crippen LogP contribution in [0.4, 0.5) is 10.6 Å². The molecule has 1 amide bonds. The summed E-state index contributed by atoms with van der Waals surface area (Å²) in [4.78, 5) is 20.5. The van der Waals surface area contributed by atoms with E-state index in [0.717, 1.165) is 28.9 Å². The number of aromatic nitrogens is 1. The van der Waals surface area contributed by atoms with Crippen LogP contribution in [0.15, 0.2) is 16.7 Å². The van der Waals surface area contributed by atoms with E-state index in [2.05, 4.69) is 31.9 Å². The number of carbonyl (C=O) groups is 1. The highest BCUT2D eigenvalue weighted by Crippen LogP contribution is 2.22. The van der Waals surface area contributed by atoms with Crippen molar-refractivity contribution >= 4 is 27.8 Å².